The fraction of sp³-hybridized carbons (Fsp3) is 0.240. The number of hydrogen-bond acceptors (Lipinski definition) is 2. The molecule has 0 spiro atoms. The molecule has 1 aliphatic rings. The molecule has 4 aromatic rings. The van der Waals surface area contributed by atoms with Gasteiger partial charge >= 0.3 is 6.09 Å². The Hall–Kier alpha value is -3.07. The maximum Gasteiger partial charge on any atom is 0.419 e. The van der Waals surface area contributed by atoms with Crippen LogP contribution < -0.4 is 0 Å². The van der Waals surface area contributed by atoms with Crippen molar-refractivity contribution in [1.82, 2.24) is 4.57 Å². The highest BCUT2D eigenvalue weighted by atomic mass is 16.6. The lowest BCUT2D eigenvalue weighted by Gasteiger charge is -2.22. The van der Waals surface area contributed by atoms with E-state index in [1.54, 1.807) is 4.57 Å². The van der Waals surface area contributed by atoms with Crippen LogP contribution in [0.1, 0.15) is 32.1 Å². The van der Waals surface area contributed by atoms with Crippen LogP contribution in [0.25, 0.3) is 32.9 Å². The third-order valence-corrected chi connectivity index (χ3v) is 5.78. The Labute approximate surface area is 164 Å². The van der Waals surface area contributed by atoms with E-state index >= 15 is 0 Å². The zero-order valence-electron chi connectivity index (χ0n) is 15.8. The summed E-state index contributed by atoms with van der Waals surface area (Å²) in [7, 11) is 0. The highest BCUT2D eigenvalue weighted by Crippen LogP contribution is 2.34. The van der Waals surface area contributed by atoms with Crippen LogP contribution in [0, 0.1) is 0 Å². The molecule has 0 aliphatic heterocycles. The average molecular weight is 369 g/mol. The number of rotatable bonds is 2. The van der Waals surface area contributed by atoms with E-state index in [1.807, 2.05) is 48.5 Å². The van der Waals surface area contributed by atoms with E-state index in [0.717, 1.165) is 53.2 Å². The molecule has 0 amide bonds. The van der Waals surface area contributed by atoms with Gasteiger partial charge in [-0.3, -0.25) is 0 Å². The molecule has 5 rings (SSSR count). The van der Waals surface area contributed by atoms with E-state index in [-0.39, 0.29) is 12.2 Å². The minimum absolute atomic E-state index is 0.0304. The van der Waals surface area contributed by atoms with E-state index in [9.17, 15) is 4.79 Å². The number of benzene rings is 3. The van der Waals surface area contributed by atoms with Crippen LogP contribution in [-0.2, 0) is 4.74 Å². The fourth-order valence-electron chi connectivity index (χ4n) is 4.36. The van der Waals surface area contributed by atoms with E-state index in [4.69, 9.17) is 4.74 Å². The van der Waals surface area contributed by atoms with Crippen LogP contribution >= 0.6 is 0 Å². The van der Waals surface area contributed by atoms with Crippen molar-refractivity contribution in [1.29, 1.82) is 0 Å². The second kappa shape index (κ2) is 7.16. The number of aromatic nitrogens is 1. The van der Waals surface area contributed by atoms with Crippen LogP contribution in [0.15, 0.2) is 72.8 Å². The van der Waals surface area contributed by atoms with Crippen molar-refractivity contribution in [2.75, 3.05) is 0 Å². The Morgan fingerprint density at radius 3 is 2.39 bits per heavy atom. The predicted molar refractivity (Wildman–Crippen MR) is 114 cm³/mol. The Morgan fingerprint density at radius 1 is 0.821 bits per heavy atom. The summed E-state index contributed by atoms with van der Waals surface area (Å²) in [5, 5.41) is 3.41. The fourth-order valence-corrected chi connectivity index (χ4v) is 4.36. The Morgan fingerprint density at radius 2 is 1.57 bits per heavy atom. The van der Waals surface area contributed by atoms with Gasteiger partial charge in [-0.25, -0.2) is 9.36 Å². The molecule has 1 saturated carbocycles. The van der Waals surface area contributed by atoms with Gasteiger partial charge in [0.25, 0.3) is 0 Å². The minimum Gasteiger partial charge on any atom is -0.446 e. The van der Waals surface area contributed by atoms with Gasteiger partial charge in [0.15, 0.2) is 0 Å². The van der Waals surface area contributed by atoms with Gasteiger partial charge in [-0.15, -0.1) is 0 Å². The SMILES string of the molecule is O=C(OC1CCCCC1)n1c(-c2ccccc2)cc2c3ccccc3ccc21. The lowest BCUT2D eigenvalue weighted by molar-refractivity contribution is 0.0775. The summed E-state index contributed by atoms with van der Waals surface area (Å²) < 4.78 is 7.70. The first-order valence-electron chi connectivity index (χ1n) is 10.1. The van der Waals surface area contributed by atoms with Crippen molar-refractivity contribution in [2.24, 2.45) is 0 Å². The molecule has 0 unspecified atom stereocenters. The molecule has 28 heavy (non-hydrogen) atoms. The van der Waals surface area contributed by atoms with Crippen molar-refractivity contribution in [3.05, 3.63) is 72.8 Å². The molecule has 1 aliphatic carbocycles. The Balaban J connectivity index is 1.68. The van der Waals surface area contributed by atoms with Gasteiger partial charge in [0, 0.05) is 5.39 Å². The highest BCUT2D eigenvalue weighted by Gasteiger charge is 2.23. The Bertz CT molecular complexity index is 1140. The van der Waals surface area contributed by atoms with E-state index in [2.05, 4.69) is 24.3 Å². The molecular weight excluding hydrogens is 346 g/mol. The standard InChI is InChI=1S/C25H23NO2/c27-25(28-20-12-5-2-6-13-20)26-23-16-15-18-9-7-8-14-21(18)22(23)17-24(26)19-10-3-1-4-11-19/h1,3-4,7-11,14-17,20H,2,5-6,12-13H2. The lowest BCUT2D eigenvalue weighted by Crippen LogP contribution is -2.24. The highest BCUT2D eigenvalue weighted by molar-refractivity contribution is 6.11. The van der Waals surface area contributed by atoms with Gasteiger partial charge in [0.05, 0.1) is 11.2 Å². The third-order valence-electron chi connectivity index (χ3n) is 5.78. The van der Waals surface area contributed by atoms with Crippen LogP contribution in [0.3, 0.4) is 0 Å². The van der Waals surface area contributed by atoms with Crippen LogP contribution in [0.2, 0.25) is 0 Å². The number of carbonyl (C=O) groups excluding carboxylic acids is 1. The van der Waals surface area contributed by atoms with Crippen molar-refractivity contribution >= 4 is 27.8 Å². The van der Waals surface area contributed by atoms with Crippen LogP contribution in [0.5, 0.6) is 0 Å². The lowest BCUT2D eigenvalue weighted by atomic mass is 9.98. The topological polar surface area (TPSA) is 31.2 Å². The molecule has 0 atom stereocenters. The number of carbonyl (C=O) groups is 1. The van der Waals surface area contributed by atoms with Crippen molar-refractivity contribution in [3.63, 3.8) is 0 Å². The van der Waals surface area contributed by atoms with Gasteiger partial charge in [0.2, 0.25) is 0 Å². The number of hydrogen-bond donors (Lipinski definition) is 0. The molecule has 0 saturated heterocycles. The Kier molecular flexibility index (Phi) is 4.36. The summed E-state index contributed by atoms with van der Waals surface area (Å²) in [5.41, 5.74) is 2.80. The van der Waals surface area contributed by atoms with E-state index < -0.39 is 0 Å². The quantitative estimate of drug-likeness (QED) is 0.390. The maximum atomic E-state index is 13.3. The van der Waals surface area contributed by atoms with Crippen molar-refractivity contribution in [2.45, 2.75) is 38.2 Å². The summed E-state index contributed by atoms with van der Waals surface area (Å²) in [4.78, 5) is 13.3. The molecule has 1 aromatic heterocycles. The zero-order valence-corrected chi connectivity index (χ0v) is 15.8. The largest absolute Gasteiger partial charge is 0.446 e. The molecule has 3 nitrogen and oxygen atoms in total. The first kappa shape index (κ1) is 17.1. The van der Waals surface area contributed by atoms with Crippen molar-refractivity contribution in [3.8, 4) is 11.3 Å². The first-order chi connectivity index (χ1) is 13.8. The van der Waals surface area contributed by atoms with Gasteiger partial charge < -0.3 is 4.74 Å². The number of fused-ring (bicyclic) bond motifs is 3. The first-order valence-corrected chi connectivity index (χ1v) is 10.1. The number of nitrogens with zero attached hydrogens (tertiary/aromatic N) is 1. The summed E-state index contributed by atoms with van der Waals surface area (Å²) in [6.07, 6.45) is 5.21. The molecular formula is C25H23NO2. The molecule has 0 N–H and O–H groups in total. The summed E-state index contributed by atoms with van der Waals surface area (Å²) in [6, 6.07) is 24.6. The summed E-state index contributed by atoms with van der Waals surface area (Å²) >= 11 is 0. The van der Waals surface area contributed by atoms with Crippen molar-refractivity contribution < 1.29 is 9.53 Å². The maximum absolute atomic E-state index is 13.3. The number of ether oxygens (including phenoxy) is 1. The molecule has 0 radical (unpaired) electrons. The molecule has 3 heteroatoms. The zero-order chi connectivity index (χ0) is 18.9. The molecule has 1 heterocycles. The predicted octanol–water partition coefficient (Wildman–Crippen LogP) is 6.78. The van der Waals surface area contributed by atoms with E-state index in [1.165, 1.54) is 11.8 Å². The monoisotopic (exact) mass is 369 g/mol. The van der Waals surface area contributed by atoms with E-state index in [0.29, 0.717) is 0 Å². The normalized spacial score (nSPS) is 15.1. The molecule has 0 bridgehead atoms. The van der Waals surface area contributed by atoms with Gasteiger partial charge in [-0.05, 0) is 54.2 Å². The van der Waals surface area contributed by atoms with Gasteiger partial charge in [-0.1, -0.05) is 67.1 Å². The molecule has 3 aromatic carbocycles. The summed E-state index contributed by atoms with van der Waals surface area (Å²) in [6.45, 7) is 0. The molecule has 1 fully saturated rings. The van der Waals surface area contributed by atoms with Crippen LogP contribution in [-0.4, -0.2) is 16.8 Å². The van der Waals surface area contributed by atoms with Gasteiger partial charge in [0.1, 0.15) is 6.10 Å². The molecule has 140 valence electrons. The van der Waals surface area contributed by atoms with Gasteiger partial charge in [-0.2, -0.15) is 0 Å². The third kappa shape index (κ3) is 2.97. The smallest absolute Gasteiger partial charge is 0.419 e. The second-order valence-corrected chi connectivity index (χ2v) is 7.59. The minimum atomic E-state index is -0.268. The van der Waals surface area contributed by atoms with Crippen LogP contribution in [0.4, 0.5) is 4.79 Å². The second-order valence-electron chi connectivity index (χ2n) is 7.59. The average Bonchev–Trinajstić information content (AvgIpc) is 3.15. The summed E-state index contributed by atoms with van der Waals surface area (Å²) in [5.74, 6) is 0.